The maximum absolute atomic E-state index is 15.5. The fourth-order valence-corrected chi connectivity index (χ4v) is 4.44. The van der Waals surface area contributed by atoms with Gasteiger partial charge in [0.15, 0.2) is 17.6 Å². The number of nitrogens with zero attached hydrogens (tertiary/aromatic N) is 3. The molecular weight excluding hydrogens is 503 g/mol. The van der Waals surface area contributed by atoms with Crippen LogP contribution in [0.4, 0.5) is 27.6 Å². The number of benzene rings is 2. The van der Waals surface area contributed by atoms with Crippen LogP contribution in [0.2, 0.25) is 0 Å². The van der Waals surface area contributed by atoms with Crippen molar-refractivity contribution in [2.45, 2.75) is 45.0 Å². The first-order chi connectivity index (χ1) is 18.1. The van der Waals surface area contributed by atoms with Crippen molar-refractivity contribution in [3.8, 4) is 11.3 Å². The van der Waals surface area contributed by atoms with Gasteiger partial charge in [-0.2, -0.15) is 18.3 Å². The van der Waals surface area contributed by atoms with Crippen LogP contribution < -0.4 is 5.32 Å². The average Bonchev–Trinajstić information content (AvgIpc) is 3.57. The van der Waals surface area contributed by atoms with Crippen molar-refractivity contribution in [3.63, 3.8) is 0 Å². The molecule has 1 aliphatic rings. The van der Waals surface area contributed by atoms with Gasteiger partial charge in [-0.15, -0.1) is 0 Å². The number of alkyl halides is 4. The summed E-state index contributed by atoms with van der Waals surface area (Å²) < 4.78 is 68.9. The molecule has 0 bridgehead atoms. The number of hydrogen-bond donors (Lipinski definition) is 1. The number of fused-ring (bicyclic) bond motifs is 1. The van der Waals surface area contributed by atoms with E-state index in [2.05, 4.69) is 15.4 Å². The van der Waals surface area contributed by atoms with Crippen LogP contribution in [0.15, 0.2) is 54.7 Å². The number of Topliss-reactive ketones (excluding diaryl/α,β-unsaturated/α-hetero) is 1. The van der Waals surface area contributed by atoms with Crippen LogP contribution in [0.25, 0.3) is 16.9 Å². The Kier molecular flexibility index (Phi) is 6.90. The molecule has 2 heterocycles. The molecule has 1 atom stereocenters. The summed E-state index contributed by atoms with van der Waals surface area (Å²) in [6.45, 7) is 1.38. The Balaban J connectivity index is 1.54. The van der Waals surface area contributed by atoms with Crippen molar-refractivity contribution < 1.29 is 26.7 Å². The predicted molar refractivity (Wildman–Crippen MR) is 133 cm³/mol. The monoisotopic (exact) mass is 528 g/mol. The Morgan fingerprint density at radius 2 is 1.95 bits per heavy atom. The van der Waals surface area contributed by atoms with Crippen molar-refractivity contribution in [1.82, 2.24) is 14.6 Å². The maximum Gasteiger partial charge on any atom is 0.390 e. The Hall–Kier alpha value is -3.82. The van der Waals surface area contributed by atoms with Gasteiger partial charge in [0.25, 0.3) is 0 Å². The minimum Gasteiger partial charge on any atom is -0.382 e. The number of rotatable bonds is 9. The number of carbonyl (C=O) groups is 1. The van der Waals surface area contributed by atoms with Crippen molar-refractivity contribution in [2.75, 3.05) is 11.9 Å². The van der Waals surface area contributed by atoms with Crippen LogP contribution in [-0.4, -0.2) is 33.1 Å². The summed E-state index contributed by atoms with van der Waals surface area (Å²) in [5, 5.41) is 7.10. The number of aromatic nitrogens is 3. The molecule has 1 N–H and O–H groups in total. The van der Waals surface area contributed by atoms with Gasteiger partial charge in [0, 0.05) is 24.1 Å². The largest absolute Gasteiger partial charge is 0.390 e. The van der Waals surface area contributed by atoms with Crippen LogP contribution in [0, 0.1) is 18.7 Å². The minimum absolute atomic E-state index is 0.0223. The zero-order valence-electron chi connectivity index (χ0n) is 20.5. The minimum atomic E-state index is -4.37. The summed E-state index contributed by atoms with van der Waals surface area (Å²) in [5.41, 5.74) is 2.81. The van der Waals surface area contributed by atoms with E-state index in [0.29, 0.717) is 29.2 Å². The van der Waals surface area contributed by atoms with Crippen molar-refractivity contribution >= 4 is 17.1 Å². The third kappa shape index (κ3) is 5.69. The van der Waals surface area contributed by atoms with Crippen LogP contribution in [-0.2, 0) is 0 Å². The van der Waals surface area contributed by atoms with Gasteiger partial charge in [0.05, 0.1) is 24.0 Å². The second-order valence-electron chi connectivity index (χ2n) is 9.67. The standard InChI is InChI=1S/C28H25F5N4O/c1-16-11-18(7-8-21(16)25(38)12-17-5-6-17)24-15-35-27-23(34-10-9-28(31,32)33)14-22(36-37(24)27)26(30)19-3-2-4-20(29)13-19/h2-4,7-8,11,13-15,17,26,34H,5-6,9-10,12H2,1H3. The molecule has 10 heteroatoms. The van der Waals surface area contributed by atoms with E-state index in [0.717, 1.165) is 24.5 Å². The quantitative estimate of drug-likeness (QED) is 0.184. The van der Waals surface area contributed by atoms with E-state index >= 15 is 4.39 Å². The number of halogens is 5. The van der Waals surface area contributed by atoms with Crippen LogP contribution >= 0.6 is 0 Å². The van der Waals surface area contributed by atoms with Gasteiger partial charge in [-0.1, -0.05) is 24.3 Å². The van der Waals surface area contributed by atoms with Gasteiger partial charge < -0.3 is 5.32 Å². The van der Waals surface area contributed by atoms with E-state index < -0.39 is 31.1 Å². The molecule has 4 aromatic rings. The van der Waals surface area contributed by atoms with E-state index in [9.17, 15) is 22.4 Å². The van der Waals surface area contributed by atoms with Gasteiger partial charge in [-0.05, 0) is 61.1 Å². The molecule has 198 valence electrons. The zero-order valence-corrected chi connectivity index (χ0v) is 20.5. The third-order valence-corrected chi connectivity index (χ3v) is 6.61. The van der Waals surface area contributed by atoms with Crippen molar-refractivity contribution in [3.05, 3.63) is 82.9 Å². The Morgan fingerprint density at radius 1 is 1.16 bits per heavy atom. The predicted octanol–water partition coefficient (Wildman–Crippen LogP) is 7.25. The summed E-state index contributed by atoms with van der Waals surface area (Å²) >= 11 is 0. The first kappa shape index (κ1) is 25.8. The van der Waals surface area contributed by atoms with Crippen molar-refractivity contribution in [1.29, 1.82) is 0 Å². The Morgan fingerprint density at radius 3 is 2.63 bits per heavy atom. The summed E-state index contributed by atoms with van der Waals surface area (Å²) in [5.74, 6) is -0.0792. The highest BCUT2D eigenvalue weighted by atomic mass is 19.4. The van der Waals surface area contributed by atoms with Crippen LogP contribution in [0.1, 0.15) is 59.0 Å². The molecule has 38 heavy (non-hydrogen) atoms. The van der Waals surface area contributed by atoms with Crippen LogP contribution in [0.3, 0.4) is 0 Å². The molecule has 1 saturated carbocycles. The lowest BCUT2D eigenvalue weighted by Gasteiger charge is -2.14. The van der Waals surface area contributed by atoms with Crippen LogP contribution in [0.5, 0.6) is 0 Å². The number of hydrogen-bond acceptors (Lipinski definition) is 4. The molecule has 5 rings (SSSR count). The number of imidazole rings is 1. The molecule has 0 saturated heterocycles. The fraction of sp³-hybridized carbons (Fsp3) is 0.321. The first-order valence-electron chi connectivity index (χ1n) is 12.3. The second-order valence-corrected chi connectivity index (χ2v) is 9.67. The molecular formula is C28H25F5N4O. The molecule has 0 amide bonds. The highest BCUT2D eigenvalue weighted by molar-refractivity contribution is 5.98. The average molecular weight is 529 g/mol. The SMILES string of the molecule is Cc1cc(-c2cnc3c(NCCC(F)(F)F)cc(C(F)c4cccc(F)c4)nn23)ccc1C(=O)CC1CC1. The summed E-state index contributed by atoms with van der Waals surface area (Å²) in [4.78, 5) is 17.0. The molecule has 1 fully saturated rings. The van der Waals surface area contributed by atoms with E-state index in [1.165, 1.54) is 35.0 Å². The van der Waals surface area contributed by atoms with Gasteiger partial charge in [-0.3, -0.25) is 4.79 Å². The first-order valence-corrected chi connectivity index (χ1v) is 12.3. The number of aryl methyl sites for hydroxylation is 1. The lowest BCUT2D eigenvalue weighted by Crippen LogP contribution is -2.16. The molecule has 5 nitrogen and oxygen atoms in total. The fourth-order valence-electron chi connectivity index (χ4n) is 4.44. The summed E-state index contributed by atoms with van der Waals surface area (Å²) in [6, 6.07) is 11.6. The van der Waals surface area contributed by atoms with E-state index in [4.69, 9.17) is 0 Å². The van der Waals surface area contributed by atoms with Gasteiger partial charge in [0.1, 0.15) is 11.5 Å². The zero-order chi connectivity index (χ0) is 27.0. The van der Waals surface area contributed by atoms with Gasteiger partial charge in [-0.25, -0.2) is 18.3 Å². The second kappa shape index (κ2) is 10.2. The highest BCUT2D eigenvalue weighted by Crippen LogP contribution is 2.35. The molecule has 1 aliphatic carbocycles. The number of anilines is 1. The van der Waals surface area contributed by atoms with E-state index in [-0.39, 0.29) is 28.4 Å². The lowest BCUT2D eigenvalue weighted by molar-refractivity contribution is -0.131. The van der Waals surface area contributed by atoms with Gasteiger partial charge >= 0.3 is 6.18 Å². The van der Waals surface area contributed by atoms with E-state index in [1.807, 2.05) is 13.0 Å². The Bertz CT molecular complexity index is 1490. The van der Waals surface area contributed by atoms with E-state index in [1.54, 1.807) is 12.1 Å². The molecule has 0 radical (unpaired) electrons. The third-order valence-electron chi connectivity index (χ3n) is 6.61. The molecule has 2 aromatic heterocycles. The summed E-state index contributed by atoms with van der Waals surface area (Å²) in [6.07, 6.45) is -3.14. The highest BCUT2D eigenvalue weighted by Gasteiger charge is 2.28. The Labute approximate surface area is 215 Å². The number of carbonyl (C=O) groups excluding carboxylic acids is 1. The lowest BCUT2D eigenvalue weighted by atomic mass is 9.98. The van der Waals surface area contributed by atoms with Crippen molar-refractivity contribution in [2.24, 2.45) is 5.92 Å². The maximum atomic E-state index is 15.5. The summed E-state index contributed by atoms with van der Waals surface area (Å²) in [7, 11) is 0. The van der Waals surface area contributed by atoms with Gasteiger partial charge in [0.2, 0.25) is 0 Å². The number of nitrogens with one attached hydrogen (secondary N) is 1. The molecule has 0 spiro atoms. The number of ketones is 1. The topological polar surface area (TPSA) is 59.3 Å². The normalized spacial score (nSPS) is 14.6. The molecule has 0 aliphatic heterocycles. The molecule has 2 aromatic carbocycles. The smallest absolute Gasteiger partial charge is 0.382 e. The molecule has 1 unspecified atom stereocenters.